The van der Waals surface area contributed by atoms with E-state index < -0.39 is 0 Å². The topological polar surface area (TPSA) is 62.2 Å². The smallest absolute Gasteiger partial charge is 0.124 e. The Balaban J connectivity index is 1.59. The Bertz CT molecular complexity index is 1430. The number of isothiocyanates is 1. The second-order valence-electron chi connectivity index (χ2n) is 9.47. The van der Waals surface area contributed by atoms with Crippen LogP contribution in [0, 0.1) is 0 Å². The van der Waals surface area contributed by atoms with Gasteiger partial charge in [-0.3, -0.25) is 0 Å². The molecule has 8 heteroatoms. The predicted molar refractivity (Wildman–Crippen MR) is 161 cm³/mol. The van der Waals surface area contributed by atoms with Crippen molar-refractivity contribution in [1.29, 1.82) is 0 Å². The summed E-state index contributed by atoms with van der Waals surface area (Å²) in [6.45, 7) is 3.42. The normalized spacial score (nSPS) is 13.3. The summed E-state index contributed by atoms with van der Waals surface area (Å²) in [5.74, 6) is 0. The molecule has 202 valence electrons. The lowest BCUT2D eigenvalue weighted by Gasteiger charge is -2.32. The highest BCUT2D eigenvalue weighted by Gasteiger charge is 2.43. The van der Waals surface area contributed by atoms with E-state index in [1.807, 2.05) is 12.1 Å². The first-order valence-electron chi connectivity index (χ1n) is 13.1. The first kappa shape index (κ1) is 27.7. The fraction of sp³-hybridized carbons (Fsp3) is 0.355. The summed E-state index contributed by atoms with van der Waals surface area (Å²) in [6, 6.07) is 21.3. The van der Waals surface area contributed by atoms with Crippen LogP contribution >= 0.6 is 23.6 Å². The molecular weight excluding hydrogens is 528 g/mol. The first-order valence-corrected chi connectivity index (χ1v) is 14.3. The summed E-state index contributed by atoms with van der Waals surface area (Å²) in [4.78, 5) is 9.25. The van der Waals surface area contributed by atoms with Gasteiger partial charge in [0, 0.05) is 38.4 Å². The summed E-state index contributed by atoms with van der Waals surface area (Å²) in [5.41, 5.74) is 7.52. The van der Waals surface area contributed by atoms with Crippen LogP contribution in [0.3, 0.4) is 0 Å². The van der Waals surface area contributed by atoms with Gasteiger partial charge in [0.2, 0.25) is 0 Å². The molecule has 0 atom stereocenters. The largest absolute Gasteiger partial charge is 0.382 e. The number of thiazole rings is 1. The molecule has 5 rings (SSSR count). The maximum absolute atomic E-state index is 6.02. The molecule has 1 aliphatic carbocycles. The molecular formula is C31H32N2O4S2. The molecule has 0 spiro atoms. The molecule has 1 heterocycles. The summed E-state index contributed by atoms with van der Waals surface area (Å²) >= 11 is 6.64. The van der Waals surface area contributed by atoms with Gasteiger partial charge in [-0.25, -0.2) is 4.98 Å². The van der Waals surface area contributed by atoms with Crippen LogP contribution in [0.4, 0.5) is 5.69 Å². The van der Waals surface area contributed by atoms with E-state index >= 15 is 0 Å². The molecule has 3 aromatic carbocycles. The average Bonchev–Trinajstić information content (AvgIpc) is 3.51. The number of methoxy groups -OCH3 is 2. The van der Waals surface area contributed by atoms with E-state index in [1.54, 1.807) is 25.6 Å². The van der Waals surface area contributed by atoms with Crippen LogP contribution in [0.15, 0.2) is 65.7 Å². The van der Waals surface area contributed by atoms with Gasteiger partial charge in [0.1, 0.15) is 5.01 Å². The third-order valence-electron chi connectivity index (χ3n) is 7.27. The third kappa shape index (κ3) is 5.88. The zero-order valence-corrected chi connectivity index (χ0v) is 23.9. The van der Waals surface area contributed by atoms with Crippen LogP contribution in [-0.4, -0.2) is 64.0 Å². The van der Waals surface area contributed by atoms with Crippen LogP contribution < -0.4 is 0 Å². The summed E-state index contributed by atoms with van der Waals surface area (Å²) in [7, 11) is 3.38. The number of nitrogens with zero attached hydrogens (tertiary/aromatic N) is 2. The molecule has 0 amide bonds. The van der Waals surface area contributed by atoms with Crippen molar-refractivity contribution in [2.24, 2.45) is 4.99 Å². The minimum Gasteiger partial charge on any atom is -0.382 e. The van der Waals surface area contributed by atoms with E-state index in [-0.39, 0.29) is 5.41 Å². The quantitative estimate of drug-likeness (QED) is 0.0934. The number of aromatic nitrogens is 1. The number of hydrogen-bond donors (Lipinski definition) is 0. The highest BCUT2D eigenvalue weighted by Crippen LogP contribution is 2.54. The molecule has 0 radical (unpaired) electrons. The van der Waals surface area contributed by atoms with E-state index in [1.165, 1.54) is 27.0 Å². The van der Waals surface area contributed by atoms with Crippen molar-refractivity contribution in [1.82, 2.24) is 4.98 Å². The lowest BCUT2D eigenvalue weighted by molar-refractivity contribution is 0.0491. The van der Waals surface area contributed by atoms with Gasteiger partial charge in [-0.1, -0.05) is 30.3 Å². The molecule has 6 nitrogen and oxygen atoms in total. The van der Waals surface area contributed by atoms with Crippen molar-refractivity contribution in [3.8, 4) is 21.7 Å². The Morgan fingerprint density at radius 1 is 0.821 bits per heavy atom. The molecule has 0 N–H and O–H groups in total. The van der Waals surface area contributed by atoms with Crippen molar-refractivity contribution in [3.05, 3.63) is 71.8 Å². The standard InChI is InChI=1S/C31H32N2O4S2/c1-34-15-17-36-13-11-31(12-14-37-18-16-35-2)26-19-22(30-33-28-5-3-4-6-29(28)39-30)7-9-24(26)25-10-8-23(32-21-38)20-27(25)31/h3-10,19-20H,11-18H2,1-2H3. The average molecular weight is 561 g/mol. The van der Waals surface area contributed by atoms with Gasteiger partial charge in [-0.2, -0.15) is 4.99 Å². The summed E-state index contributed by atoms with van der Waals surface area (Å²) in [6.07, 6.45) is 1.58. The van der Waals surface area contributed by atoms with Crippen molar-refractivity contribution < 1.29 is 18.9 Å². The minimum absolute atomic E-state index is 0.329. The SMILES string of the molecule is COCCOCCC1(CCOCCOC)c2cc(N=C=S)ccc2-c2ccc(-c3nc4ccccc4s3)cc21. The minimum atomic E-state index is -0.329. The highest BCUT2D eigenvalue weighted by atomic mass is 32.1. The Morgan fingerprint density at radius 2 is 1.49 bits per heavy atom. The molecule has 0 bridgehead atoms. The zero-order valence-electron chi connectivity index (χ0n) is 22.3. The Kier molecular flexibility index (Phi) is 9.27. The molecule has 1 aliphatic rings. The molecule has 0 fully saturated rings. The Labute approximate surface area is 238 Å². The monoisotopic (exact) mass is 560 g/mol. The molecule has 0 saturated heterocycles. The maximum Gasteiger partial charge on any atom is 0.124 e. The van der Waals surface area contributed by atoms with Crippen molar-refractivity contribution in [2.45, 2.75) is 18.3 Å². The number of aliphatic imine (C=N–C) groups is 1. The fourth-order valence-corrected chi connectivity index (χ4v) is 6.45. The summed E-state index contributed by atoms with van der Waals surface area (Å²) in [5, 5.41) is 3.54. The van der Waals surface area contributed by atoms with Crippen LogP contribution in [0.25, 0.3) is 31.9 Å². The molecule has 4 aromatic rings. The van der Waals surface area contributed by atoms with Gasteiger partial charge in [-0.15, -0.1) is 11.3 Å². The van der Waals surface area contributed by atoms with E-state index in [2.05, 4.69) is 58.7 Å². The number of hydrogen-bond acceptors (Lipinski definition) is 8. The van der Waals surface area contributed by atoms with Crippen molar-refractivity contribution >= 4 is 44.6 Å². The second kappa shape index (κ2) is 13.0. The Morgan fingerprint density at radius 3 is 2.15 bits per heavy atom. The van der Waals surface area contributed by atoms with Crippen LogP contribution in [0.2, 0.25) is 0 Å². The molecule has 0 saturated carbocycles. The van der Waals surface area contributed by atoms with E-state index in [4.69, 9.17) is 36.1 Å². The fourth-order valence-electron chi connectivity index (χ4n) is 5.38. The summed E-state index contributed by atoms with van der Waals surface area (Å²) < 4.78 is 23.6. The molecule has 39 heavy (non-hydrogen) atoms. The number of rotatable bonds is 14. The van der Waals surface area contributed by atoms with Crippen LogP contribution in [0.1, 0.15) is 24.0 Å². The first-order chi connectivity index (χ1) is 19.2. The van der Waals surface area contributed by atoms with Gasteiger partial charge < -0.3 is 18.9 Å². The van der Waals surface area contributed by atoms with Crippen LogP contribution in [0.5, 0.6) is 0 Å². The van der Waals surface area contributed by atoms with E-state index in [9.17, 15) is 0 Å². The van der Waals surface area contributed by atoms with E-state index in [0.717, 1.165) is 34.6 Å². The second-order valence-corrected chi connectivity index (χ2v) is 10.7. The number of fused-ring (bicyclic) bond motifs is 4. The van der Waals surface area contributed by atoms with Gasteiger partial charge >= 0.3 is 0 Å². The van der Waals surface area contributed by atoms with Crippen molar-refractivity contribution in [2.75, 3.05) is 53.9 Å². The van der Waals surface area contributed by atoms with E-state index in [0.29, 0.717) is 39.6 Å². The lowest BCUT2D eigenvalue weighted by Crippen LogP contribution is -2.29. The number of para-hydroxylation sites is 1. The molecule has 0 unspecified atom stereocenters. The molecule has 0 aliphatic heterocycles. The zero-order chi connectivity index (χ0) is 27.1. The molecule has 1 aromatic heterocycles. The highest BCUT2D eigenvalue weighted by molar-refractivity contribution is 7.78. The predicted octanol–water partition coefficient (Wildman–Crippen LogP) is 7.07. The number of thiocarbonyl (C=S) groups is 1. The lowest BCUT2D eigenvalue weighted by atomic mass is 9.73. The number of benzene rings is 3. The maximum atomic E-state index is 6.02. The number of ether oxygens (including phenoxy) is 4. The van der Waals surface area contributed by atoms with Gasteiger partial charge in [-0.05, 0) is 77.6 Å². The third-order valence-corrected chi connectivity index (χ3v) is 8.45. The van der Waals surface area contributed by atoms with Crippen LogP contribution in [-0.2, 0) is 24.4 Å². The van der Waals surface area contributed by atoms with Gasteiger partial charge in [0.15, 0.2) is 0 Å². The van der Waals surface area contributed by atoms with Crippen molar-refractivity contribution in [3.63, 3.8) is 0 Å². The van der Waals surface area contributed by atoms with Gasteiger partial charge in [0.25, 0.3) is 0 Å². The Hall–Kier alpha value is -2.81. The van der Waals surface area contributed by atoms with Gasteiger partial charge in [0.05, 0.1) is 47.5 Å².